The molecule has 0 N–H and O–H groups in total. The van der Waals surface area contributed by atoms with Crippen molar-refractivity contribution in [1.29, 1.82) is 0 Å². The molecule has 0 aliphatic carbocycles. The molecule has 0 radical (unpaired) electrons. The molecule has 14 heavy (non-hydrogen) atoms. The molecule has 0 unspecified atom stereocenters. The zero-order chi connectivity index (χ0) is 10.6. The van der Waals surface area contributed by atoms with Gasteiger partial charge in [-0.25, -0.2) is 0 Å². The van der Waals surface area contributed by atoms with Crippen molar-refractivity contribution >= 4 is 0 Å². The van der Waals surface area contributed by atoms with Crippen LogP contribution >= 0.6 is 0 Å². The quantitative estimate of drug-likeness (QED) is 0.722. The first-order valence-corrected chi connectivity index (χ1v) is 5.54. The molecule has 3 heteroatoms. The molecule has 0 aliphatic heterocycles. The SMILES string of the molecule is CCC(CC)CCc1c(C)nnn1C. The summed E-state index contributed by atoms with van der Waals surface area (Å²) in [7, 11) is 1.97. The number of aromatic nitrogens is 3. The first-order valence-electron chi connectivity index (χ1n) is 5.54. The highest BCUT2D eigenvalue weighted by Crippen LogP contribution is 2.16. The largest absolute Gasteiger partial charge is 0.252 e. The fourth-order valence-electron chi connectivity index (χ4n) is 1.86. The summed E-state index contributed by atoms with van der Waals surface area (Å²) < 4.78 is 1.90. The van der Waals surface area contributed by atoms with Crippen molar-refractivity contribution in [2.24, 2.45) is 13.0 Å². The summed E-state index contributed by atoms with van der Waals surface area (Å²) in [5, 5.41) is 8.07. The lowest BCUT2D eigenvalue weighted by Crippen LogP contribution is -2.04. The van der Waals surface area contributed by atoms with Crippen LogP contribution in [0, 0.1) is 12.8 Å². The van der Waals surface area contributed by atoms with E-state index >= 15 is 0 Å². The molecular formula is C11H21N3. The van der Waals surface area contributed by atoms with Gasteiger partial charge in [-0.1, -0.05) is 31.9 Å². The second-order valence-corrected chi connectivity index (χ2v) is 3.97. The molecule has 80 valence electrons. The highest BCUT2D eigenvalue weighted by Gasteiger charge is 2.09. The van der Waals surface area contributed by atoms with E-state index in [1.807, 2.05) is 18.7 Å². The van der Waals surface area contributed by atoms with Crippen LogP contribution in [0.4, 0.5) is 0 Å². The Morgan fingerprint density at radius 3 is 2.36 bits per heavy atom. The van der Waals surface area contributed by atoms with Gasteiger partial charge in [-0.05, 0) is 25.7 Å². The summed E-state index contributed by atoms with van der Waals surface area (Å²) in [5.74, 6) is 0.851. The second-order valence-electron chi connectivity index (χ2n) is 3.97. The van der Waals surface area contributed by atoms with Crippen LogP contribution in [-0.4, -0.2) is 15.0 Å². The molecule has 0 saturated heterocycles. The van der Waals surface area contributed by atoms with E-state index in [2.05, 4.69) is 24.2 Å². The van der Waals surface area contributed by atoms with Gasteiger partial charge in [-0.15, -0.1) is 5.10 Å². The lowest BCUT2D eigenvalue weighted by molar-refractivity contribution is 0.449. The zero-order valence-electron chi connectivity index (χ0n) is 9.75. The maximum absolute atomic E-state index is 4.06. The molecule has 0 fully saturated rings. The van der Waals surface area contributed by atoms with E-state index in [0.717, 1.165) is 18.0 Å². The number of rotatable bonds is 5. The van der Waals surface area contributed by atoms with E-state index in [4.69, 9.17) is 0 Å². The topological polar surface area (TPSA) is 30.7 Å². The van der Waals surface area contributed by atoms with Crippen LogP contribution in [0.1, 0.15) is 44.5 Å². The third-order valence-electron chi connectivity index (χ3n) is 3.08. The molecule has 0 bridgehead atoms. The van der Waals surface area contributed by atoms with E-state index in [9.17, 15) is 0 Å². The van der Waals surface area contributed by atoms with Crippen LogP contribution in [0.25, 0.3) is 0 Å². The van der Waals surface area contributed by atoms with Crippen LogP contribution in [0.5, 0.6) is 0 Å². The van der Waals surface area contributed by atoms with Crippen molar-refractivity contribution in [2.45, 2.75) is 46.5 Å². The van der Waals surface area contributed by atoms with Crippen LogP contribution in [-0.2, 0) is 13.5 Å². The number of hydrogen-bond donors (Lipinski definition) is 0. The number of aryl methyl sites for hydroxylation is 2. The monoisotopic (exact) mass is 195 g/mol. The fourth-order valence-corrected chi connectivity index (χ4v) is 1.86. The summed E-state index contributed by atoms with van der Waals surface area (Å²) in [6, 6.07) is 0. The molecule has 0 saturated carbocycles. The fraction of sp³-hybridized carbons (Fsp3) is 0.818. The Labute approximate surface area is 86.5 Å². The Morgan fingerprint density at radius 1 is 1.29 bits per heavy atom. The van der Waals surface area contributed by atoms with Gasteiger partial charge in [0.15, 0.2) is 0 Å². The minimum atomic E-state index is 0.851. The summed E-state index contributed by atoms with van der Waals surface area (Å²) in [6.45, 7) is 6.57. The zero-order valence-corrected chi connectivity index (χ0v) is 9.75. The average molecular weight is 195 g/mol. The predicted molar refractivity (Wildman–Crippen MR) is 58.1 cm³/mol. The van der Waals surface area contributed by atoms with Crippen molar-refractivity contribution in [3.05, 3.63) is 11.4 Å². The molecule has 0 aromatic carbocycles. The third kappa shape index (κ3) is 2.56. The van der Waals surface area contributed by atoms with Crippen LogP contribution in [0.3, 0.4) is 0 Å². The molecule has 1 heterocycles. The van der Waals surface area contributed by atoms with Gasteiger partial charge in [0.25, 0.3) is 0 Å². The summed E-state index contributed by atoms with van der Waals surface area (Å²) in [6.07, 6.45) is 4.93. The summed E-state index contributed by atoms with van der Waals surface area (Å²) >= 11 is 0. The molecule has 3 nitrogen and oxygen atoms in total. The Morgan fingerprint density at radius 2 is 1.93 bits per heavy atom. The molecule has 0 amide bonds. The van der Waals surface area contributed by atoms with Crippen molar-refractivity contribution in [3.8, 4) is 0 Å². The maximum Gasteiger partial charge on any atom is 0.0828 e. The van der Waals surface area contributed by atoms with Gasteiger partial charge in [-0.2, -0.15) is 0 Å². The van der Waals surface area contributed by atoms with E-state index < -0.39 is 0 Å². The van der Waals surface area contributed by atoms with Crippen molar-refractivity contribution in [1.82, 2.24) is 15.0 Å². The van der Waals surface area contributed by atoms with Gasteiger partial charge < -0.3 is 0 Å². The first kappa shape index (κ1) is 11.2. The Hall–Kier alpha value is -0.860. The second kappa shape index (κ2) is 5.13. The summed E-state index contributed by atoms with van der Waals surface area (Å²) in [4.78, 5) is 0. The Bertz CT molecular complexity index is 255. The van der Waals surface area contributed by atoms with Gasteiger partial charge in [0, 0.05) is 7.05 Å². The first-order chi connectivity index (χ1) is 6.69. The van der Waals surface area contributed by atoms with E-state index in [0.29, 0.717) is 0 Å². The van der Waals surface area contributed by atoms with Crippen LogP contribution in [0.15, 0.2) is 0 Å². The molecule has 1 rings (SSSR count). The minimum absolute atomic E-state index is 0.851. The number of nitrogens with zero attached hydrogens (tertiary/aromatic N) is 3. The molecule has 0 aliphatic rings. The van der Waals surface area contributed by atoms with Gasteiger partial charge in [0.2, 0.25) is 0 Å². The standard InChI is InChI=1S/C11H21N3/c1-5-10(6-2)7-8-11-9(3)12-13-14(11)4/h10H,5-8H2,1-4H3. The van der Waals surface area contributed by atoms with Crippen LogP contribution < -0.4 is 0 Å². The normalized spacial score (nSPS) is 11.2. The van der Waals surface area contributed by atoms with E-state index in [1.165, 1.54) is 25.0 Å². The molecule has 0 spiro atoms. The Balaban J connectivity index is 2.52. The lowest BCUT2D eigenvalue weighted by Gasteiger charge is -2.11. The molecular weight excluding hydrogens is 174 g/mol. The molecule has 0 atom stereocenters. The van der Waals surface area contributed by atoms with Crippen molar-refractivity contribution in [2.75, 3.05) is 0 Å². The lowest BCUT2D eigenvalue weighted by atomic mass is 9.96. The Kier molecular flexibility index (Phi) is 4.11. The minimum Gasteiger partial charge on any atom is -0.252 e. The van der Waals surface area contributed by atoms with Gasteiger partial charge in [0.1, 0.15) is 0 Å². The van der Waals surface area contributed by atoms with E-state index in [1.54, 1.807) is 0 Å². The highest BCUT2D eigenvalue weighted by molar-refractivity contribution is 5.07. The van der Waals surface area contributed by atoms with Crippen molar-refractivity contribution < 1.29 is 0 Å². The van der Waals surface area contributed by atoms with Gasteiger partial charge in [0.05, 0.1) is 11.4 Å². The highest BCUT2D eigenvalue weighted by atomic mass is 15.4. The average Bonchev–Trinajstić information content (AvgIpc) is 2.50. The number of hydrogen-bond acceptors (Lipinski definition) is 2. The summed E-state index contributed by atoms with van der Waals surface area (Å²) in [5.41, 5.74) is 2.37. The maximum atomic E-state index is 4.06. The third-order valence-corrected chi connectivity index (χ3v) is 3.08. The van der Waals surface area contributed by atoms with Gasteiger partial charge >= 0.3 is 0 Å². The predicted octanol–water partition coefficient (Wildman–Crippen LogP) is 2.49. The molecule has 1 aromatic rings. The van der Waals surface area contributed by atoms with Crippen molar-refractivity contribution in [3.63, 3.8) is 0 Å². The van der Waals surface area contributed by atoms with Gasteiger partial charge in [-0.3, -0.25) is 4.68 Å². The van der Waals surface area contributed by atoms with Crippen LogP contribution in [0.2, 0.25) is 0 Å². The molecule has 1 aromatic heterocycles. The van der Waals surface area contributed by atoms with E-state index in [-0.39, 0.29) is 0 Å². The smallest absolute Gasteiger partial charge is 0.0828 e.